The molecule has 0 radical (unpaired) electrons. The molecular weight excluding hydrogens is 375 g/mol. The zero-order valence-corrected chi connectivity index (χ0v) is 15.8. The Balaban J connectivity index is 0.00000196. The van der Waals surface area contributed by atoms with E-state index in [0.29, 0.717) is 27.7 Å². The minimum atomic E-state index is -0.00657. The molecular formula is C18H18Cl2N4O2. The van der Waals surface area contributed by atoms with Crippen molar-refractivity contribution < 1.29 is 9.53 Å². The molecule has 4 rings (SSSR count). The van der Waals surface area contributed by atoms with E-state index in [1.54, 1.807) is 36.8 Å². The zero-order chi connectivity index (χ0) is 17.4. The molecule has 8 heteroatoms. The third-order valence-electron chi connectivity index (χ3n) is 4.34. The van der Waals surface area contributed by atoms with Crippen molar-refractivity contribution in [2.24, 2.45) is 7.05 Å². The van der Waals surface area contributed by atoms with Gasteiger partial charge in [0.2, 0.25) is 5.88 Å². The summed E-state index contributed by atoms with van der Waals surface area (Å²) in [6.07, 6.45) is 5.33. The van der Waals surface area contributed by atoms with Gasteiger partial charge in [0.15, 0.2) is 5.52 Å². The second-order valence-corrected chi connectivity index (χ2v) is 6.52. The number of ether oxygens (including phenoxy) is 1. The number of aromatic nitrogens is 3. The van der Waals surface area contributed by atoms with Crippen LogP contribution in [0.5, 0.6) is 11.6 Å². The molecule has 1 saturated heterocycles. The van der Waals surface area contributed by atoms with Crippen LogP contribution in [0, 0.1) is 0 Å². The minimum Gasteiger partial charge on any atom is -0.437 e. The maximum Gasteiger partial charge on any atom is 0.257 e. The number of rotatable bonds is 3. The van der Waals surface area contributed by atoms with Gasteiger partial charge in [0.25, 0.3) is 5.91 Å². The van der Waals surface area contributed by atoms with E-state index in [4.69, 9.17) is 16.3 Å². The van der Waals surface area contributed by atoms with Gasteiger partial charge >= 0.3 is 0 Å². The monoisotopic (exact) mass is 392 g/mol. The Morgan fingerprint density at radius 2 is 2.00 bits per heavy atom. The first-order chi connectivity index (χ1) is 12.1. The molecule has 26 heavy (non-hydrogen) atoms. The fraction of sp³-hybridized carbons (Fsp3) is 0.278. The molecule has 0 unspecified atom stereocenters. The SMILES string of the molecule is Cl.Cn1cnc2c(Oc3cccc(Cl)c3)ncc(C(=O)N3CCCC3)c21. The lowest BCUT2D eigenvalue weighted by Gasteiger charge is -2.16. The molecule has 3 aromatic rings. The van der Waals surface area contributed by atoms with Gasteiger partial charge in [-0.25, -0.2) is 9.97 Å². The first kappa shape index (κ1) is 18.5. The van der Waals surface area contributed by atoms with Gasteiger partial charge < -0.3 is 14.2 Å². The highest BCUT2D eigenvalue weighted by molar-refractivity contribution is 6.30. The first-order valence-corrected chi connectivity index (χ1v) is 8.54. The summed E-state index contributed by atoms with van der Waals surface area (Å²) in [5, 5.41) is 0.579. The molecule has 0 N–H and O–H groups in total. The van der Waals surface area contributed by atoms with Crippen LogP contribution in [-0.4, -0.2) is 38.4 Å². The van der Waals surface area contributed by atoms with E-state index in [2.05, 4.69) is 9.97 Å². The molecule has 0 spiro atoms. The van der Waals surface area contributed by atoms with Crippen LogP contribution in [0.1, 0.15) is 23.2 Å². The number of aryl methyl sites for hydroxylation is 1. The van der Waals surface area contributed by atoms with Crippen molar-refractivity contribution in [3.8, 4) is 11.6 Å². The summed E-state index contributed by atoms with van der Waals surface area (Å²) in [6.45, 7) is 1.58. The third kappa shape index (κ3) is 3.34. The maximum absolute atomic E-state index is 12.8. The average Bonchev–Trinajstić information content (AvgIpc) is 3.25. The van der Waals surface area contributed by atoms with Gasteiger partial charge in [0.05, 0.1) is 17.4 Å². The Labute approximate surface area is 162 Å². The molecule has 1 amide bonds. The van der Waals surface area contributed by atoms with E-state index in [0.717, 1.165) is 31.4 Å². The molecule has 0 aliphatic carbocycles. The van der Waals surface area contributed by atoms with Gasteiger partial charge in [-0.2, -0.15) is 0 Å². The lowest BCUT2D eigenvalue weighted by molar-refractivity contribution is 0.0794. The first-order valence-electron chi connectivity index (χ1n) is 8.16. The second-order valence-electron chi connectivity index (χ2n) is 6.09. The Kier molecular flexibility index (Phi) is 5.34. The van der Waals surface area contributed by atoms with E-state index < -0.39 is 0 Å². The lowest BCUT2D eigenvalue weighted by atomic mass is 10.2. The van der Waals surface area contributed by atoms with Gasteiger partial charge in [0.1, 0.15) is 5.75 Å². The van der Waals surface area contributed by atoms with Crippen LogP contribution in [0.25, 0.3) is 11.0 Å². The Hall–Kier alpha value is -2.31. The highest BCUT2D eigenvalue weighted by Gasteiger charge is 2.24. The lowest BCUT2D eigenvalue weighted by Crippen LogP contribution is -2.28. The largest absolute Gasteiger partial charge is 0.437 e. The number of halogens is 2. The molecule has 136 valence electrons. The number of hydrogen-bond acceptors (Lipinski definition) is 4. The summed E-state index contributed by atoms with van der Waals surface area (Å²) < 4.78 is 7.67. The standard InChI is InChI=1S/C18H17ClN4O2.ClH/c1-22-11-21-15-16(22)14(18(24)23-7-2-3-8-23)10-20-17(15)25-13-6-4-5-12(19)9-13;/h4-6,9-11H,2-3,7-8H2,1H3;1H. The molecule has 0 bridgehead atoms. The zero-order valence-electron chi connectivity index (χ0n) is 14.2. The predicted octanol–water partition coefficient (Wildman–Crippen LogP) is 4.07. The third-order valence-corrected chi connectivity index (χ3v) is 4.58. The van der Waals surface area contributed by atoms with Crippen molar-refractivity contribution in [3.63, 3.8) is 0 Å². The summed E-state index contributed by atoms with van der Waals surface area (Å²) in [6, 6.07) is 7.08. The normalized spacial score (nSPS) is 13.7. The fourth-order valence-corrected chi connectivity index (χ4v) is 3.29. The molecule has 2 aromatic heterocycles. The molecule has 0 saturated carbocycles. The number of nitrogens with zero attached hydrogens (tertiary/aromatic N) is 4. The fourth-order valence-electron chi connectivity index (χ4n) is 3.11. The van der Waals surface area contributed by atoms with Gasteiger partial charge in [0, 0.05) is 31.4 Å². The predicted molar refractivity (Wildman–Crippen MR) is 102 cm³/mol. The van der Waals surface area contributed by atoms with E-state index >= 15 is 0 Å². The van der Waals surface area contributed by atoms with Crippen molar-refractivity contribution in [2.45, 2.75) is 12.8 Å². The quantitative estimate of drug-likeness (QED) is 0.673. The highest BCUT2D eigenvalue weighted by atomic mass is 35.5. The topological polar surface area (TPSA) is 60.2 Å². The summed E-state index contributed by atoms with van der Waals surface area (Å²) in [5.41, 5.74) is 1.84. The van der Waals surface area contributed by atoms with E-state index in [-0.39, 0.29) is 18.3 Å². The molecule has 3 heterocycles. The van der Waals surface area contributed by atoms with Crippen LogP contribution in [0.3, 0.4) is 0 Å². The van der Waals surface area contributed by atoms with Crippen molar-refractivity contribution in [1.29, 1.82) is 0 Å². The van der Waals surface area contributed by atoms with E-state index in [9.17, 15) is 4.79 Å². The number of benzene rings is 1. The van der Waals surface area contributed by atoms with Crippen LogP contribution < -0.4 is 4.74 Å². The molecule has 1 aromatic carbocycles. The van der Waals surface area contributed by atoms with E-state index in [1.807, 2.05) is 16.5 Å². The van der Waals surface area contributed by atoms with Crippen molar-refractivity contribution in [1.82, 2.24) is 19.4 Å². The van der Waals surface area contributed by atoms with Gasteiger partial charge in [-0.1, -0.05) is 17.7 Å². The molecule has 6 nitrogen and oxygen atoms in total. The van der Waals surface area contributed by atoms with Crippen LogP contribution in [0.15, 0.2) is 36.8 Å². The molecule has 1 aliphatic heterocycles. The van der Waals surface area contributed by atoms with Crippen molar-refractivity contribution in [3.05, 3.63) is 47.4 Å². The molecule has 0 atom stereocenters. The molecule has 1 fully saturated rings. The number of carbonyl (C=O) groups is 1. The number of pyridine rings is 1. The van der Waals surface area contributed by atoms with Crippen LogP contribution in [0.4, 0.5) is 0 Å². The number of carbonyl (C=O) groups excluding carboxylic acids is 1. The van der Waals surface area contributed by atoms with Gasteiger partial charge in [-0.3, -0.25) is 4.79 Å². The number of amides is 1. The Morgan fingerprint density at radius 3 is 2.73 bits per heavy atom. The summed E-state index contributed by atoms with van der Waals surface area (Å²) >= 11 is 6.00. The minimum absolute atomic E-state index is 0. The summed E-state index contributed by atoms with van der Waals surface area (Å²) in [5.74, 6) is 0.925. The Bertz CT molecular complexity index is 952. The van der Waals surface area contributed by atoms with E-state index in [1.165, 1.54) is 0 Å². The van der Waals surface area contributed by atoms with Crippen molar-refractivity contribution in [2.75, 3.05) is 13.1 Å². The number of likely N-dealkylation sites (tertiary alicyclic amines) is 1. The summed E-state index contributed by atoms with van der Waals surface area (Å²) in [4.78, 5) is 23.4. The van der Waals surface area contributed by atoms with Gasteiger partial charge in [-0.15, -0.1) is 12.4 Å². The number of fused-ring (bicyclic) bond motifs is 1. The number of imidazole rings is 1. The van der Waals surface area contributed by atoms with Crippen molar-refractivity contribution >= 4 is 40.9 Å². The van der Waals surface area contributed by atoms with Gasteiger partial charge in [-0.05, 0) is 31.0 Å². The number of hydrogen-bond donors (Lipinski definition) is 0. The molecule has 1 aliphatic rings. The second kappa shape index (κ2) is 7.51. The average molecular weight is 393 g/mol. The maximum atomic E-state index is 12.8. The van der Waals surface area contributed by atoms with Crippen LogP contribution in [0.2, 0.25) is 5.02 Å². The smallest absolute Gasteiger partial charge is 0.257 e. The Morgan fingerprint density at radius 1 is 1.23 bits per heavy atom. The highest BCUT2D eigenvalue weighted by Crippen LogP contribution is 2.30. The van der Waals surface area contributed by atoms with Crippen LogP contribution >= 0.6 is 24.0 Å². The summed E-state index contributed by atoms with van der Waals surface area (Å²) in [7, 11) is 1.86. The van der Waals surface area contributed by atoms with Crippen LogP contribution in [-0.2, 0) is 7.05 Å².